The molecular weight excluding hydrogens is 209 g/mol. The van der Waals surface area contributed by atoms with Crippen molar-refractivity contribution in [2.45, 2.75) is 43.8 Å². The molecule has 3 N–H and O–H groups in total. The molecule has 0 heterocycles. The fourth-order valence-corrected chi connectivity index (χ4v) is 4.62. The molecule has 4 heteroatoms. The van der Waals surface area contributed by atoms with E-state index in [1.165, 1.54) is 0 Å². The van der Waals surface area contributed by atoms with Crippen molar-refractivity contribution >= 4 is 5.97 Å². The molecule has 0 aliphatic heterocycles. The molecule has 3 saturated carbocycles. The van der Waals surface area contributed by atoms with Crippen molar-refractivity contribution in [3.63, 3.8) is 0 Å². The number of halogens is 1. The van der Waals surface area contributed by atoms with Crippen LogP contribution in [0, 0.1) is 23.7 Å². The quantitative estimate of drug-likeness (QED) is 0.752. The van der Waals surface area contributed by atoms with Crippen LogP contribution in [0.1, 0.15) is 32.1 Å². The number of rotatable bonds is 2. The van der Waals surface area contributed by atoms with E-state index >= 15 is 0 Å². The summed E-state index contributed by atoms with van der Waals surface area (Å²) in [5.41, 5.74) is 4.94. The molecular formula is C12H18FNO2. The van der Waals surface area contributed by atoms with E-state index in [1.54, 1.807) is 0 Å². The number of carboxylic acids is 1. The van der Waals surface area contributed by atoms with E-state index in [9.17, 15) is 9.18 Å². The van der Waals surface area contributed by atoms with Crippen molar-refractivity contribution in [2.75, 3.05) is 0 Å². The Hall–Kier alpha value is -0.640. The minimum absolute atomic E-state index is 0.0424. The lowest BCUT2D eigenvalue weighted by atomic mass is 9.77. The van der Waals surface area contributed by atoms with Gasteiger partial charge in [-0.3, -0.25) is 4.79 Å². The van der Waals surface area contributed by atoms with Crippen molar-refractivity contribution < 1.29 is 14.3 Å². The Kier molecular flexibility index (Phi) is 2.09. The highest BCUT2D eigenvalue weighted by atomic mass is 19.1. The third kappa shape index (κ3) is 1.19. The number of aliphatic carboxylic acids is 1. The minimum atomic E-state index is -1.14. The van der Waals surface area contributed by atoms with Gasteiger partial charge in [-0.25, -0.2) is 4.39 Å². The first kappa shape index (κ1) is 10.5. The normalized spacial score (nSPS) is 54.2. The molecule has 0 radical (unpaired) electrons. The van der Waals surface area contributed by atoms with Crippen LogP contribution in [0.3, 0.4) is 0 Å². The summed E-state index contributed by atoms with van der Waals surface area (Å²) in [6.45, 7) is 0. The predicted octanol–water partition coefficient (Wildman–Crippen LogP) is 1.56. The van der Waals surface area contributed by atoms with Gasteiger partial charge in [-0.1, -0.05) is 0 Å². The molecule has 3 rings (SSSR count). The molecule has 3 nitrogen and oxygen atoms in total. The van der Waals surface area contributed by atoms with E-state index in [0.717, 1.165) is 19.3 Å². The molecule has 0 aromatic rings. The monoisotopic (exact) mass is 227 g/mol. The molecule has 3 aliphatic rings. The maximum absolute atomic E-state index is 14.9. The Morgan fingerprint density at radius 1 is 1.44 bits per heavy atom. The maximum Gasteiger partial charge on any atom is 0.303 e. The topological polar surface area (TPSA) is 63.3 Å². The first-order chi connectivity index (χ1) is 7.52. The van der Waals surface area contributed by atoms with Crippen molar-refractivity contribution in [2.24, 2.45) is 29.4 Å². The largest absolute Gasteiger partial charge is 0.481 e. The van der Waals surface area contributed by atoms with E-state index in [1.807, 2.05) is 0 Å². The van der Waals surface area contributed by atoms with E-state index in [2.05, 4.69) is 0 Å². The lowest BCUT2D eigenvalue weighted by Gasteiger charge is -2.33. The van der Waals surface area contributed by atoms with E-state index in [4.69, 9.17) is 10.8 Å². The van der Waals surface area contributed by atoms with Gasteiger partial charge in [-0.15, -0.1) is 0 Å². The Balaban J connectivity index is 1.91. The summed E-state index contributed by atoms with van der Waals surface area (Å²) >= 11 is 0. The average molecular weight is 227 g/mol. The van der Waals surface area contributed by atoms with Crippen LogP contribution >= 0.6 is 0 Å². The van der Waals surface area contributed by atoms with E-state index < -0.39 is 11.6 Å². The van der Waals surface area contributed by atoms with Crippen molar-refractivity contribution in [3.8, 4) is 0 Å². The van der Waals surface area contributed by atoms with Crippen LogP contribution in [-0.2, 0) is 4.79 Å². The smallest absolute Gasteiger partial charge is 0.303 e. The van der Waals surface area contributed by atoms with Crippen LogP contribution in [0.25, 0.3) is 0 Å². The summed E-state index contributed by atoms with van der Waals surface area (Å²) in [4.78, 5) is 10.8. The zero-order valence-electron chi connectivity index (χ0n) is 9.23. The van der Waals surface area contributed by atoms with Gasteiger partial charge in [0.25, 0.3) is 0 Å². The number of hydrogen-bond acceptors (Lipinski definition) is 2. The minimum Gasteiger partial charge on any atom is -0.481 e. The zero-order chi connectivity index (χ0) is 11.5. The predicted molar refractivity (Wildman–Crippen MR) is 56.5 cm³/mol. The standard InChI is InChI=1S/C12H18FNO2/c13-12-5-6-1-2-8(12)11(14)7(4-10(15)16)9(12)3-6/h6-9,11H,1-5,14H2,(H,15,16)/t6-,7?,8-,9-,11?,12-/m1/s1. The molecule has 2 unspecified atom stereocenters. The fraction of sp³-hybridized carbons (Fsp3) is 0.917. The van der Waals surface area contributed by atoms with Gasteiger partial charge >= 0.3 is 5.97 Å². The van der Waals surface area contributed by atoms with Gasteiger partial charge in [-0.05, 0) is 43.4 Å². The van der Waals surface area contributed by atoms with Gasteiger partial charge in [-0.2, -0.15) is 0 Å². The van der Waals surface area contributed by atoms with E-state index in [0.29, 0.717) is 12.3 Å². The Labute approximate surface area is 94.2 Å². The molecule has 0 aromatic carbocycles. The molecule has 0 amide bonds. The second-order valence-corrected chi connectivity index (χ2v) is 5.86. The highest BCUT2D eigenvalue weighted by Crippen LogP contribution is 2.63. The van der Waals surface area contributed by atoms with Gasteiger partial charge in [0.05, 0.1) is 6.42 Å². The van der Waals surface area contributed by atoms with Gasteiger partial charge in [0.1, 0.15) is 5.67 Å². The zero-order valence-corrected chi connectivity index (χ0v) is 9.23. The molecule has 2 bridgehead atoms. The lowest BCUT2D eigenvalue weighted by molar-refractivity contribution is -0.138. The molecule has 0 spiro atoms. The third-order valence-electron chi connectivity index (χ3n) is 5.19. The first-order valence-electron chi connectivity index (χ1n) is 6.18. The molecule has 3 aliphatic carbocycles. The van der Waals surface area contributed by atoms with Gasteiger partial charge in [0.15, 0.2) is 0 Å². The summed E-state index contributed by atoms with van der Waals surface area (Å²) in [6.07, 6.45) is 3.47. The van der Waals surface area contributed by atoms with Crippen molar-refractivity contribution in [1.29, 1.82) is 0 Å². The highest BCUT2D eigenvalue weighted by molar-refractivity contribution is 5.67. The van der Waals surface area contributed by atoms with Crippen LogP contribution in [-0.4, -0.2) is 22.8 Å². The van der Waals surface area contributed by atoms with E-state index in [-0.39, 0.29) is 30.2 Å². The lowest BCUT2D eigenvalue weighted by Crippen LogP contribution is -2.41. The Morgan fingerprint density at radius 3 is 2.88 bits per heavy atom. The van der Waals surface area contributed by atoms with Crippen LogP contribution in [0.5, 0.6) is 0 Å². The molecule has 90 valence electrons. The van der Waals surface area contributed by atoms with Gasteiger partial charge in [0.2, 0.25) is 0 Å². The van der Waals surface area contributed by atoms with Crippen molar-refractivity contribution in [3.05, 3.63) is 0 Å². The van der Waals surface area contributed by atoms with Crippen LogP contribution in [0.4, 0.5) is 4.39 Å². The Morgan fingerprint density at radius 2 is 2.19 bits per heavy atom. The van der Waals surface area contributed by atoms with Crippen molar-refractivity contribution in [1.82, 2.24) is 0 Å². The summed E-state index contributed by atoms with van der Waals surface area (Å²) < 4.78 is 14.9. The summed E-state index contributed by atoms with van der Waals surface area (Å²) in [6, 6.07) is -0.243. The number of carboxylic acid groups (broad SMARTS) is 1. The van der Waals surface area contributed by atoms with Gasteiger partial charge in [0, 0.05) is 12.0 Å². The molecule has 0 saturated heterocycles. The number of fused-ring (bicyclic) bond motifs is 1. The number of hydrogen-bond donors (Lipinski definition) is 2. The molecule has 3 fully saturated rings. The fourth-order valence-electron chi connectivity index (χ4n) is 4.62. The summed E-state index contributed by atoms with van der Waals surface area (Å²) in [5, 5.41) is 8.89. The second kappa shape index (κ2) is 3.19. The van der Waals surface area contributed by atoms with Crippen LogP contribution in [0.15, 0.2) is 0 Å². The second-order valence-electron chi connectivity index (χ2n) is 5.86. The SMILES string of the molecule is NC1C(CC(=O)O)[C@H]2C[C@H]3CC[C@H]1[C@]2(F)C3. The number of nitrogens with two attached hydrogens (primary N) is 1. The molecule has 16 heavy (non-hydrogen) atoms. The first-order valence-corrected chi connectivity index (χ1v) is 6.18. The maximum atomic E-state index is 14.9. The number of carbonyl (C=O) groups is 1. The van der Waals surface area contributed by atoms with Gasteiger partial charge < -0.3 is 10.8 Å². The molecule has 0 aromatic heterocycles. The van der Waals surface area contributed by atoms with Crippen LogP contribution in [0.2, 0.25) is 0 Å². The summed E-state index contributed by atoms with van der Waals surface area (Å²) in [5.74, 6) is -0.669. The van der Waals surface area contributed by atoms with Crippen LogP contribution < -0.4 is 5.73 Å². The molecule has 6 atom stereocenters. The average Bonchev–Trinajstić information content (AvgIpc) is 2.55. The highest BCUT2D eigenvalue weighted by Gasteiger charge is 2.65. The Bertz CT molecular complexity index is 335. The summed E-state index contributed by atoms with van der Waals surface area (Å²) in [7, 11) is 0. The number of alkyl halides is 1. The third-order valence-corrected chi connectivity index (χ3v) is 5.19.